The van der Waals surface area contributed by atoms with Crippen LogP contribution in [0.3, 0.4) is 0 Å². The molecule has 4 N–H and O–H groups in total. The van der Waals surface area contributed by atoms with Crippen LogP contribution in [0.5, 0.6) is 0 Å². The van der Waals surface area contributed by atoms with Crippen molar-refractivity contribution in [3.05, 3.63) is 108 Å². The molecule has 3 aromatic rings. The van der Waals surface area contributed by atoms with Crippen LogP contribution in [0.25, 0.3) is 0 Å². The molecule has 0 aliphatic carbocycles. The van der Waals surface area contributed by atoms with Gasteiger partial charge >= 0.3 is 11.9 Å². The molecule has 3 rings (SSSR count). The predicted octanol–water partition coefficient (Wildman–Crippen LogP) is 3.65. The number of aliphatic hydroxyl groups is 1. The zero-order valence-electron chi connectivity index (χ0n) is 17.7. The Morgan fingerprint density at radius 2 is 1.41 bits per heavy atom. The third-order valence-corrected chi connectivity index (χ3v) is 4.84. The monoisotopic (exact) mass is 437 g/mol. The van der Waals surface area contributed by atoms with Gasteiger partial charge in [0.15, 0.2) is 0 Å². The van der Waals surface area contributed by atoms with E-state index in [2.05, 4.69) is 12.2 Å². The average molecular weight is 437 g/mol. The van der Waals surface area contributed by atoms with Crippen LogP contribution in [0, 0.1) is 5.92 Å². The summed E-state index contributed by atoms with van der Waals surface area (Å²) in [5.74, 6) is -1.64. The Balaban J connectivity index is 0.000000390. The van der Waals surface area contributed by atoms with Crippen LogP contribution in [0.2, 0.25) is 0 Å². The number of benzene rings is 2. The molecule has 1 unspecified atom stereocenters. The lowest BCUT2D eigenvalue weighted by atomic mass is 9.77. The van der Waals surface area contributed by atoms with Crippen molar-refractivity contribution in [3.8, 4) is 0 Å². The molecular formula is C25H27NO6. The normalized spacial score (nSPS) is 12.1. The lowest BCUT2D eigenvalue weighted by molar-refractivity contribution is -0.134. The number of hydrogen-bond acceptors (Lipinski definition) is 5. The molecule has 0 aliphatic heterocycles. The second-order valence-electron chi connectivity index (χ2n) is 7.12. The van der Waals surface area contributed by atoms with Crippen molar-refractivity contribution in [2.75, 3.05) is 6.54 Å². The summed E-state index contributed by atoms with van der Waals surface area (Å²) < 4.78 is 5.35. The van der Waals surface area contributed by atoms with Gasteiger partial charge in [0.2, 0.25) is 0 Å². The average Bonchev–Trinajstić information content (AvgIpc) is 3.32. The van der Waals surface area contributed by atoms with Crippen LogP contribution in [-0.2, 0) is 21.7 Å². The molecule has 0 fully saturated rings. The molecule has 0 spiro atoms. The van der Waals surface area contributed by atoms with Crippen LogP contribution < -0.4 is 5.32 Å². The van der Waals surface area contributed by atoms with Crippen LogP contribution in [0.15, 0.2) is 95.6 Å². The summed E-state index contributed by atoms with van der Waals surface area (Å²) in [6.07, 6.45) is 2.79. The molecule has 7 heteroatoms. The van der Waals surface area contributed by atoms with Gasteiger partial charge in [-0.1, -0.05) is 67.6 Å². The van der Waals surface area contributed by atoms with Crippen LogP contribution in [0.1, 0.15) is 23.8 Å². The SMILES string of the molecule is CC(CNCc1ccco1)C(O)(c1ccccc1)c1ccccc1.O=C(O)/C=C\C(=O)O. The highest BCUT2D eigenvalue weighted by Crippen LogP contribution is 2.36. The van der Waals surface area contributed by atoms with E-state index in [9.17, 15) is 14.7 Å². The minimum absolute atomic E-state index is 0.0164. The number of carboxylic acids is 2. The number of hydrogen-bond donors (Lipinski definition) is 4. The third kappa shape index (κ3) is 7.23. The van der Waals surface area contributed by atoms with E-state index in [0.29, 0.717) is 25.2 Å². The lowest BCUT2D eigenvalue weighted by Gasteiger charge is -2.35. The van der Waals surface area contributed by atoms with Gasteiger partial charge in [-0.3, -0.25) is 0 Å². The molecule has 0 bridgehead atoms. The van der Waals surface area contributed by atoms with Gasteiger partial charge in [-0.05, 0) is 23.3 Å². The summed E-state index contributed by atoms with van der Waals surface area (Å²) in [7, 11) is 0. The standard InChI is InChI=1S/C21H23NO2.C4H4O4/c1-17(15-22-16-20-13-8-14-24-20)21(23,18-9-4-2-5-10-18)19-11-6-3-7-12-19;5-3(6)1-2-4(7)8/h2-14,17,22-23H,15-16H2,1H3;1-2H,(H,5,6)(H,7,8)/b;2-1-. The molecule has 1 aromatic heterocycles. The molecule has 0 saturated carbocycles. The summed E-state index contributed by atoms with van der Waals surface area (Å²) in [5, 5.41) is 30.6. The first kappa shape index (κ1) is 24.6. The Labute approximate surface area is 186 Å². The number of carbonyl (C=O) groups is 2. The summed E-state index contributed by atoms with van der Waals surface area (Å²) in [5.41, 5.74) is 0.769. The molecule has 0 saturated heterocycles. The van der Waals surface area contributed by atoms with E-state index in [1.807, 2.05) is 72.8 Å². The van der Waals surface area contributed by atoms with Crippen LogP contribution >= 0.6 is 0 Å². The Kier molecular flexibility index (Phi) is 9.41. The quantitative estimate of drug-likeness (QED) is 0.377. The van der Waals surface area contributed by atoms with Crippen molar-refractivity contribution in [2.45, 2.75) is 19.1 Å². The zero-order valence-corrected chi connectivity index (χ0v) is 17.7. The topological polar surface area (TPSA) is 120 Å². The molecule has 0 radical (unpaired) electrons. The number of aliphatic carboxylic acids is 2. The van der Waals surface area contributed by atoms with Gasteiger partial charge in [-0.2, -0.15) is 0 Å². The van der Waals surface area contributed by atoms with Gasteiger partial charge in [-0.15, -0.1) is 0 Å². The first-order valence-electron chi connectivity index (χ1n) is 10.0. The number of carboxylic acid groups (broad SMARTS) is 2. The molecule has 0 aliphatic rings. The van der Waals surface area contributed by atoms with E-state index in [4.69, 9.17) is 14.6 Å². The predicted molar refractivity (Wildman–Crippen MR) is 120 cm³/mol. The molecule has 2 aromatic carbocycles. The summed E-state index contributed by atoms with van der Waals surface area (Å²) >= 11 is 0. The Bertz CT molecular complexity index is 928. The molecule has 32 heavy (non-hydrogen) atoms. The van der Waals surface area contributed by atoms with E-state index in [1.165, 1.54) is 0 Å². The minimum Gasteiger partial charge on any atom is -0.478 e. The van der Waals surface area contributed by atoms with E-state index in [-0.39, 0.29) is 5.92 Å². The van der Waals surface area contributed by atoms with E-state index >= 15 is 0 Å². The number of furan rings is 1. The second-order valence-corrected chi connectivity index (χ2v) is 7.12. The highest BCUT2D eigenvalue weighted by molar-refractivity contribution is 5.89. The molecule has 0 amide bonds. The zero-order chi connectivity index (χ0) is 23.4. The lowest BCUT2D eigenvalue weighted by Crippen LogP contribution is -2.40. The van der Waals surface area contributed by atoms with Gasteiger partial charge in [-0.25, -0.2) is 9.59 Å². The number of nitrogens with one attached hydrogen (secondary N) is 1. The van der Waals surface area contributed by atoms with Crippen molar-refractivity contribution in [1.29, 1.82) is 0 Å². The summed E-state index contributed by atoms with van der Waals surface area (Å²) in [4.78, 5) is 19.1. The highest BCUT2D eigenvalue weighted by Gasteiger charge is 2.37. The smallest absolute Gasteiger partial charge is 0.328 e. The summed E-state index contributed by atoms with van der Waals surface area (Å²) in [6.45, 7) is 3.38. The highest BCUT2D eigenvalue weighted by atomic mass is 16.4. The van der Waals surface area contributed by atoms with E-state index in [0.717, 1.165) is 16.9 Å². The fourth-order valence-corrected chi connectivity index (χ4v) is 3.24. The van der Waals surface area contributed by atoms with E-state index in [1.54, 1.807) is 6.26 Å². The Morgan fingerprint density at radius 3 is 1.81 bits per heavy atom. The van der Waals surface area contributed by atoms with Crippen LogP contribution in [0.4, 0.5) is 0 Å². The molecule has 1 atom stereocenters. The first-order valence-corrected chi connectivity index (χ1v) is 10.0. The van der Waals surface area contributed by atoms with Gasteiger partial charge in [0.05, 0.1) is 12.8 Å². The van der Waals surface area contributed by atoms with Crippen LogP contribution in [-0.4, -0.2) is 33.8 Å². The maximum atomic E-state index is 11.6. The maximum absolute atomic E-state index is 11.6. The largest absolute Gasteiger partial charge is 0.478 e. The van der Waals surface area contributed by atoms with Gasteiger partial charge in [0.25, 0.3) is 0 Å². The third-order valence-electron chi connectivity index (χ3n) is 4.84. The fourth-order valence-electron chi connectivity index (χ4n) is 3.24. The molecule has 168 valence electrons. The molecule has 7 nitrogen and oxygen atoms in total. The Hall–Kier alpha value is -3.68. The van der Waals surface area contributed by atoms with E-state index < -0.39 is 17.5 Å². The van der Waals surface area contributed by atoms with Crippen molar-refractivity contribution in [1.82, 2.24) is 5.32 Å². The summed E-state index contributed by atoms with van der Waals surface area (Å²) in [6, 6.07) is 23.5. The second kappa shape index (κ2) is 12.2. The van der Waals surface area contributed by atoms with Gasteiger partial charge in [0, 0.05) is 24.6 Å². The van der Waals surface area contributed by atoms with Gasteiger partial charge < -0.3 is 25.1 Å². The van der Waals surface area contributed by atoms with Crippen molar-refractivity contribution < 1.29 is 29.3 Å². The fraction of sp³-hybridized carbons (Fsp3) is 0.200. The van der Waals surface area contributed by atoms with Crippen molar-refractivity contribution in [2.24, 2.45) is 5.92 Å². The van der Waals surface area contributed by atoms with Gasteiger partial charge in [0.1, 0.15) is 11.4 Å². The number of rotatable bonds is 9. The first-order chi connectivity index (χ1) is 15.3. The molecular weight excluding hydrogens is 410 g/mol. The van der Waals surface area contributed by atoms with Crippen molar-refractivity contribution in [3.63, 3.8) is 0 Å². The maximum Gasteiger partial charge on any atom is 0.328 e. The Morgan fingerprint density at radius 1 is 0.906 bits per heavy atom. The minimum atomic E-state index is -1.26. The molecule has 1 heterocycles. The van der Waals surface area contributed by atoms with Crippen molar-refractivity contribution >= 4 is 11.9 Å².